The fourth-order valence-electron chi connectivity index (χ4n) is 2.73. The van der Waals surface area contributed by atoms with E-state index >= 15 is 0 Å². The number of rotatable bonds is 1. The van der Waals surface area contributed by atoms with Crippen LogP contribution in [-0.4, -0.2) is 40.9 Å². The molecule has 1 fully saturated rings. The van der Waals surface area contributed by atoms with E-state index in [4.69, 9.17) is 0 Å². The second-order valence-corrected chi connectivity index (χ2v) is 5.66. The van der Waals surface area contributed by atoms with Crippen LogP contribution in [0, 0.1) is 0 Å². The van der Waals surface area contributed by atoms with Crippen LogP contribution in [0.4, 0.5) is 23.7 Å². The number of alkyl halides is 3. The molecule has 4 nitrogen and oxygen atoms in total. The molecular weight excluding hydrogens is 309 g/mol. The Morgan fingerprint density at radius 2 is 1.87 bits per heavy atom. The smallest absolute Gasteiger partial charge is 0.379 e. The summed E-state index contributed by atoms with van der Waals surface area (Å²) in [5.74, 6) is 0. The van der Waals surface area contributed by atoms with Crippen molar-refractivity contribution in [2.24, 2.45) is 0 Å². The van der Waals surface area contributed by atoms with Crippen molar-refractivity contribution in [3.8, 4) is 0 Å². The zero-order chi connectivity index (χ0) is 16.7. The molecule has 0 aliphatic carbocycles. The van der Waals surface area contributed by atoms with Crippen molar-refractivity contribution >= 4 is 22.5 Å². The monoisotopic (exact) mass is 324 g/mol. The van der Waals surface area contributed by atoms with Gasteiger partial charge in [-0.2, -0.15) is 13.2 Å². The number of hydrogen-bond acceptors (Lipinski definition) is 2. The van der Waals surface area contributed by atoms with E-state index in [0.29, 0.717) is 5.69 Å². The van der Waals surface area contributed by atoms with E-state index in [-0.39, 0.29) is 6.54 Å². The molecule has 2 aromatic rings. The Labute approximate surface area is 130 Å². The van der Waals surface area contributed by atoms with Gasteiger partial charge in [0.05, 0.1) is 12.2 Å². The number of nitrogens with one attached hydrogen (secondary N) is 1. The quantitative estimate of drug-likeness (QED) is 0.845. The van der Waals surface area contributed by atoms with Gasteiger partial charge < -0.3 is 15.3 Å². The van der Waals surface area contributed by atoms with Gasteiger partial charge in [-0.25, -0.2) is 4.79 Å². The SMILES string of the molecule is O=C(Nc1cccc2ccccc12)N1CC[C@@](O)(C(F)(F)F)C1. The molecule has 2 N–H and O–H groups in total. The Morgan fingerprint density at radius 1 is 1.17 bits per heavy atom. The van der Waals surface area contributed by atoms with Crippen LogP contribution in [0.1, 0.15) is 6.42 Å². The molecule has 1 aliphatic heterocycles. The number of carbonyl (C=O) groups is 1. The number of benzene rings is 2. The number of urea groups is 1. The predicted molar refractivity (Wildman–Crippen MR) is 80.2 cm³/mol. The fraction of sp³-hybridized carbons (Fsp3) is 0.312. The van der Waals surface area contributed by atoms with Gasteiger partial charge in [0.15, 0.2) is 5.60 Å². The number of fused-ring (bicyclic) bond motifs is 1. The van der Waals surface area contributed by atoms with Gasteiger partial charge in [0.1, 0.15) is 0 Å². The van der Waals surface area contributed by atoms with Gasteiger partial charge in [-0.15, -0.1) is 0 Å². The summed E-state index contributed by atoms with van der Waals surface area (Å²) < 4.78 is 38.4. The first-order valence-electron chi connectivity index (χ1n) is 7.13. The fourth-order valence-corrected chi connectivity index (χ4v) is 2.73. The van der Waals surface area contributed by atoms with Crippen LogP contribution < -0.4 is 5.32 Å². The van der Waals surface area contributed by atoms with Crippen molar-refractivity contribution in [3.05, 3.63) is 42.5 Å². The Kier molecular flexibility index (Phi) is 3.68. The van der Waals surface area contributed by atoms with E-state index in [1.165, 1.54) is 0 Å². The number of nitrogens with zero attached hydrogens (tertiary/aromatic N) is 1. The number of halogens is 3. The zero-order valence-corrected chi connectivity index (χ0v) is 12.1. The molecule has 0 radical (unpaired) electrons. The summed E-state index contributed by atoms with van der Waals surface area (Å²) in [5, 5.41) is 14.0. The molecule has 1 atom stereocenters. The second-order valence-electron chi connectivity index (χ2n) is 5.66. The first kappa shape index (κ1) is 15.6. The average Bonchev–Trinajstić information content (AvgIpc) is 2.91. The number of amides is 2. The van der Waals surface area contributed by atoms with Crippen LogP contribution in [0.2, 0.25) is 0 Å². The van der Waals surface area contributed by atoms with E-state index in [0.717, 1.165) is 15.7 Å². The molecule has 0 aromatic heterocycles. The number of anilines is 1. The first-order chi connectivity index (χ1) is 10.8. The average molecular weight is 324 g/mol. The molecule has 2 aromatic carbocycles. The maximum Gasteiger partial charge on any atom is 0.419 e. The standard InChI is InChI=1S/C16H15F3N2O2/c17-16(18,19)15(23)8-9-21(10-15)14(22)20-13-7-3-5-11-4-1-2-6-12(11)13/h1-7,23H,8-10H2,(H,20,22)/t15-/m0/s1. The molecule has 0 bridgehead atoms. The van der Waals surface area contributed by atoms with Crippen LogP contribution in [0.25, 0.3) is 10.8 Å². The molecule has 3 rings (SSSR count). The van der Waals surface area contributed by atoms with Crippen molar-refractivity contribution in [1.29, 1.82) is 0 Å². The summed E-state index contributed by atoms with van der Waals surface area (Å²) in [4.78, 5) is 13.2. The minimum atomic E-state index is -4.75. The molecule has 0 unspecified atom stereocenters. The van der Waals surface area contributed by atoms with Gasteiger partial charge >= 0.3 is 12.2 Å². The Hall–Kier alpha value is -2.28. The highest BCUT2D eigenvalue weighted by atomic mass is 19.4. The van der Waals surface area contributed by atoms with Crippen LogP contribution in [0.5, 0.6) is 0 Å². The van der Waals surface area contributed by atoms with E-state index in [1.54, 1.807) is 12.1 Å². The molecule has 122 valence electrons. The molecule has 7 heteroatoms. The topological polar surface area (TPSA) is 52.6 Å². The molecule has 1 aliphatic rings. The van der Waals surface area contributed by atoms with Crippen molar-refractivity contribution in [3.63, 3.8) is 0 Å². The third kappa shape index (κ3) is 2.84. The minimum Gasteiger partial charge on any atom is -0.379 e. The second kappa shape index (κ2) is 5.42. The largest absolute Gasteiger partial charge is 0.419 e. The molecule has 0 saturated carbocycles. The van der Waals surface area contributed by atoms with Crippen molar-refractivity contribution < 1.29 is 23.1 Å². The lowest BCUT2D eigenvalue weighted by atomic mass is 10.0. The maximum atomic E-state index is 12.8. The third-order valence-electron chi connectivity index (χ3n) is 4.09. The lowest BCUT2D eigenvalue weighted by molar-refractivity contribution is -0.253. The molecular formula is C16H15F3N2O2. The number of aliphatic hydroxyl groups is 1. The molecule has 0 spiro atoms. The number of β-amino-alcohol motifs (C(OH)–C–C–N with tert-alkyl or cyclic N) is 1. The highest BCUT2D eigenvalue weighted by Gasteiger charge is 2.57. The summed E-state index contributed by atoms with van der Waals surface area (Å²) in [6.07, 6.45) is -5.26. The minimum absolute atomic E-state index is 0.146. The van der Waals surface area contributed by atoms with Gasteiger partial charge in [0, 0.05) is 18.4 Å². The van der Waals surface area contributed by atoms with E-state index in [2.05, 4.69) is 5.32 Å². The van der Waals surface area contributed by atoms with Crippen LogP contribution >= 0.6 is 0 Å². The van der Waals surface area contributed by atoms with Crippen molar-refractivity contribution in [1.82, 2.24) is 4.90 Å². The molecule has 23 heavy (non-hydrogen) atoms. The van der Waals surface area contributed by atoms with Crippen LogP contribution in [0.15, 0.2) is 42.5 Å². The van der Waals surface area contributed by atoms with E-state index in [9.17, 15) is 23.1 Å². The Balaban J connectivity index is 1.78. The van der Waals surface area contributed by atoms with Crippen LogP contribution in [0.3, 0.4) is 0 Å². The summed E-state index contributed by atoms with van der Waals surface area (Å²) in [6, 6.07) is 12.0. The highest BCUT2D eigenvalue weighted by molar-refractivity contribution is 6.01. The number of hydrogen-bond donors (Lipinski definition) is 2. The molecule has 2 amide bonds. The molecule has 1 saturated heterocycles. The maximum absolute atomic E-state index is 12.8. The normalized spacial score (nSPS) is 21.7. The van der Waals surface area contributed by atoms with Crippen LogP contribution in [-0.2, 0) is 0 Å². The highest BCUT2D eigenvalue weighted by Crippen LogP contribution is 2.37. The van der Waals surface area contributed by atoms with E-state index in [1.807, 2.05) is 30.3 Å². The summed E-state index contributed by atoms with van der Waals surface area (Å²) >= 11 is 0. The van der Waals surface area contributed by atoms with Gasteiger partial charge in [-0.1, -0.05) is 36.4 Å². The predicted octanol–water partition coefficient (Wildman–Crippen LogP) is 3.37. The lowest BCUT2D eigenvalue weighted by Gasteiger charge is -2.26. The zero-order valence-electron chi connectivity index (χ0n) is 12.1. The first-order valence-corrected chi connectivity index (χ1v) is 7.13. The summed E-state index contributed by atoms with van der Waals surface area (Å²) in [5.41, 5.74) is -2.31. The Bertz CT molecular complexity index is 742. The summed E-state index contributed by atoms with van der Waals surface area (Å²) in [7, 11) is 0. The van der Waals surface area contributed by atoms with Gasteiger partial charge in [0.25, 0.3) is 0 Å². The number of carbonyl (C=O) groups excluding carboxylic acids is 1. The van der Waals surface area contributed by atoms with Gasteiger partial charge in [-0.3, -0.25) is 0 Å². The van der Waals surface area contributed by atoms with Crippen molar-refractivity contribution in [2.45, 2.75) is 18.2 Å². The van der Waals surface area contributed by atoms with Gasteiger partial charge in [-0.05, 0) is 11.5 Å². The van der Waals surface area contributed by atoms with E-state index < -0.39 is 30.8 Å². The van der Waals surface area contributed by atoms with Gasteiger partial charge in [0.2, 0.25) is 0 Å². The molecule has 1 heterocycles. The third-order valence-corrected chi connectivity index (χ3v) is 4.09. The van der Waals surface area contributed by atoms with Crippen molar-refractivity contribution in [2.75, 3.05) is 18.4 Å². The lowest BCUT2D eigenvalue weighted by Crippen LogP contribution is -2.48. The Morgan fingerprint density at radius 3 is 2.57 bits per heavy atom. The number of likely N-dealkylation sites (tertiary alicyclic amines) is 1. The summed E-state index contributed by atoms with van der Waals surface area (Å²) in [6.45, 7) is -0.903.